The van der Waals surface area contributed by atoms with Gasteiger partial charge in [-0.3, -0.25) is 0 Å². The van der Waals surface area contributed by atoms with Crippen LogP contribution in [-0.4, -0.2) is 14.6 Å². The number of hydrogen-bond donors (Lipinski definition) is 0. The topological polar surface area (TPSA) is 30.2 Å². The minimum absolute atomic E-state index is 0.301. The highest BCUT2D eigenvalue weighted by Gasteiger charge is 2.08. The fourth-order valence-corrected chi connectivity index (χ4v) is 1.64. The maximum atomic E-state index is 13.1. The molecule has 0 aliphatic rings. The highest BCUT2D eigenvalue weighted by Crippen LogP contribution is 2.18. The molecule has 0 saturated heterocycles. The molecule has 3 rings (SSSR count). The first-order valence-electron chi connectivity index (χ1n) is 5.00. The first-order valence-corrected chi connectivity index (χ1v) is 5.00. The van der Waals surface area contributed by atoms with Crippen molar-refractivity contribution in [3.05, 3.63) is 54.2 Å². The van der Waals surface area contributed by atoms with E-state index in [2.05, 4.69) is 10.1 Å². The van der Waals surface area contributed by atoms with Gasteiger partial charge in [0.1, 0.15) is 11.6 Å². The standard InChI is InChI=1S/C12H7F2N3/c13-9-5-8(6-10(14)7-9)12-15-11-3-1-2-4-17(11)16-12/h1-7H. The summed E-state index contributed by atoms with van der Waals surface area (Å²) in [5.41, 5.74) is 0.957. The van der Waals surface area contributed by atoms with Gasteiger partial charge in [0.15, 0.2) is 11.5 Å². The molecule has 2 aromatic heterocycles. The number of fused-ring (bicyclic) bond motifs is 1. The Hall–Kier alpha value is -2.30. The summed E-state index contributed by atoms with van der Waals surface area (Å²) in [6.07, 6.45) is 1.72. The van der Waals surface area contributed by atoms with Crippen LogP contribution in [0.2, 0.25) is 0 Å². The Morgan fingerprint density at radius 1 is 1.00 bits per heavy atom. The summed E-state index contributed by atoms with van der Waals surface area (Å²) in [5, 5.41) is 4.14. The lowest BCUT2D eigenvalue weighted by Crippen LogP contribution is -1.87. The Kier molecular flexibility index (Phi) is 2.11. The van der Waals surface area contributed by atoms with Crippen LogP contribution in [0.15, 0.2) is 42.6 Å². The summed E-state index contributed by atoms with van der Waals surface area (Å²) in [7, 11) is 0. The van der Waals surface area contributed by atoms with E-state index in [1.165, 1.54) is 12.1 Å². The molecule has 0 bridgehead atoms. The van der Waals surface area contributed by atoms with Crippen LogP contribution in [0.1, 0.15) is 0 Å². The van der Waals surface area contributed by atoms with Crippen LogP contribution in [0.25, 0.3) is 17.0 Å². The predicted molar refractivity (Wildman–Crippen MR) is 58.3 cm³/mol. The molecule has 0 N–H and O–H groups in total. The van der Waals surface area contributed by atoms with Gasteiger partial charge in [-0.1, -0.05) is 6.07 Å². The van der Waals surface area contributed by atoms with Crippen molar-refractivity contribution in [1.82, 2.24) is 14.6 Å². The maximum Gasteiger partial charge on any atom is 0.182 e. The summed E-state index contributed by atoms with van der Waals surface area (Å²) in [6.45, 7) is 0. The number of nitrogens with zero attached hydrogens (tertiary/aromatic N) is 3. The molecule has 3 nitrogen and oxygen atoms in total. The summed E-state index contributed by atoms with van der Waals surface area (Å²) < 4.78 is 27.7. The molecule has 84 valence electrons. The maximum absolute atomic E-state index is 13.1. The Balaban J connectivity index is 2.20. The lowest BCUT2D eigenvalue weighted by atomic mass is 10.2. The van der Waals surface area contributed by atoms with E-state index in [1.807, 2.05) is 6.07 Å². The van der Waals surface area contributed by atoms with Crippen LogP contribution in [-0.2, 0) is 0 Å². The first kappa shape index (κ1) is 9.89. The highest BCUT2D eigenvalue weighted by molar-refractivity contribution is 5.58. The Morgan fingerprint density at radius 3 is 2.47 bits per heavy atom. The van der Waals surface area contributed by atoms with E-state index in [9.17, 15) is 8.78 Å². The van der Waals surface area contributed by atoms with Crippen molar-refractivity contribution >= 4 is 5.65 Å². The number of benzene rings is 1. The Labute approximate surface area is 95.3 Å². The van der Waals surface area contributed by atoms with Crippen molar-refractivity contribution in [2.45, 2.75) is 0 Å². The van der Waals surface area contributed by atoms with Crippen molar-refractivity contribution in [3.63, 3.8) is 0 Å². The van der Waals surface area contributed by atoms with Gasteiger partial charge in [0.2, 0.25) is 0 Å². The van der Waals surface area contributed by atoms with Crippen molar-refractivity contribution < 1.29 is 8.78 Å². The van der Waals surface area contributed by atoms with E-state index in [1.54, 1.807) is 22.8 Å². The van der Waals surface area contributed by atoms with E-state index >= 15 is 0 Å². The molecule has 0 aliphatic carbocycles. The number of hydrogen-bond acceptors (Lipinski definition) is 2. The number of pyridine rings is 1. The molecular weight excluding hydrogens is 224 g/mol. The van der Waals surface area contributed by atoms with Crippen LogP contribution < -0.4 is 0 Å². The zero-order chi connectivity index (χ0) is 11.8. The molecular formula is C12H7F2N3. The summed E-state index contributed by atoms with van der Waals surface area (Å²) in [4.78, 5) is 4.18. The molecule has 0 radical (unpaired) electrons. The minimum atomic E-state index is -0.640. The minimum Gasteiger partial charge on any atom is -0.221 e. The quantitative estimate of drug-likeness (QED) is 0.644. The summed E-state index contributed by atoms with van der Waals surface area (Å²) in [5.74, 6) is -0.979. The highest BCUT2D eigenvalue weighted by atomic mass is 19.1. The first-order chi connectivity index (χ1) is 8.22. The lowest BCUT2D eigenvalue weighted by molar-refractivity contribution is 0.584. The van der Waals surface area contributed by atoms with Gasteiger partial charge in [0.25, 0.3) is 0 Å². The largest absolute Gasteiger partial charge is 0.221 e. The fourth-order valence-electron chi connectivity index (χ4n) is 1.64. The molecule has 0 atom stereocenters. The Morgan fingerprint density at radius 2 is 1.76 bits per heavy atom. The van der Waals surface area contributed by atoms with Crippen molar-refractivity contribution in [1.29, 1.82) is 0 Å². The molecule has 0 saturated carbocycles. The predicted octanol–water partition coefficient (Wildman–Crippen LogP) is 2.67. The van der Waals surface area contributed by atoms with Gasteiger partial charge >= 0.3 is 0 Å². The van der Waals surface area contributed by atoms with E-state index < -0.39 is 11.6 Å². The van der Waals surface area contributed by atoms with Gasteiger partial charge in [-0.25, -0.2) is 18.3 Å². The van der Waals surface area contributed by atoms with Gasteiger partial charge in [-0.2, -0.15) is 0 Å². The SMILES string of the molecule is Fc1cc(F)cc(-c2nc3ccccn3n2)c1. The number of rotatable bonds is 1. The molecule has 0 amide bonds. The second-order valence-electron chi connectivity index (χ2n) is 3.60. The van der Waals surface area contributed by atoms with Gasteiger partial charge in [0.05, 0.1) is 0 Å². The van der Waals surface area contributed by atoms with E-state index in [4.69, 9.17) is 0 Å². The lowest BCUT2D eigenvalue weighted by Gasteiger charge is -1.95. The smallest absolute Gasteiger partial charge is 0.182 e. The zero-order valence-electron chi connectivity index (χ0n) is 8.64. The second kappa shape index (κ2) is 3.62. The average molecular weight is 231 g/mol. The summed E-state index contributed by atoms with van der Waals surface area (Å²) >= 11 is 0. The van der Waals surface area contributed by atoms with Crippen LogP contribution in [0.3, 0.4) is 0 Å². The monoisotopic (exact) mass is 231 g/mol. The Bertz CT molecular complexity index is 638. The molecule has 3 aromatic rings. The fraction of sp³-hybridized carbons (Fsp3) is 0. The van der Waals surface area contributed by atoms with Crippen molar-refractivity contribution in [2.24, 2.45) is 0 Å². The van der Waals surface area contributed by atoms with Crippen LogP contribution in [0.5, 0.6) is 0 Å². The number of halogens is 2. The normalized spacial score (nSPS) is 10.9. The zero-order valence-corrected chi connectivity index (χ0v) is 8.64. The van der Waals surface area contributed by atoms with Gasteiger partial charge in [-0.15, -0.1) is 5.10 Å². The second-order valence-corrected chi connectivity index (χ2v) is 3.60. The van der Waals surface area contributed by atoms with Gasteiger partial charge in [-0.05, 0) is 24.3 Å². The van der Waals surface area contributed by atoms with E-state index in [0.717, 1.165) is 6.07 Å². The van der Waals surface area contributed by atoms with E-state index in [0.29, 0.717) is 17.0 Å². The third-order valence-corrected chi connectivity index (χ3v) is 2.36. The van der Waals surface area contributed by atoms with Crippen LogP contribution >= 0.6 is 0 Å². The van der Waals surface area contributed by atoms with Crippen LogP contribution in [0, 0.1) is 11.6 Å². The molecule has 2 heterocycles. The molecule has 0 spiro atoms. The molecule has 0 fully saturated rings. The average Bonchev–Trinajstić information content (AvgIpc) is 2.71. The third-order valence-electron chi connectivity index (χ3n) is 2.36. The van der Waals surface area contributed by atoms with E-state index in [-0.39, 0.29) is 0 Å². The summed E-state index contributed by atoms with van der Waals surface area (Å²) in [6, 6.07) is 8.62. The molecule has 0 unspecified atom stereocenters. The molecule has 17 heavy (non-hydrogen) atoms. The van der Waals surface area contributed by atoms with Gasteiger partial charge < -0.3 is 0 Å². The van der Waals surface area contributed by atoms with Gasteiger partial charge in [0, 0.05) is 17.8 Å². The molecule has 5 heteroatoms. The molecule has 0 aliphatic heterocycles. The van der Waals surface area contributed by atoms with Crippen LogP contribution in [0.4, 0.5) is 8.78 Å². The molecule has 1 aromatic carbocycles. The number of aromatic nitrogens is 3. The van der Waals surface area contributed by atoms with Crippen molar-refractivity contribution in [3.8, 4) is 11.4 Å². The van der Waals surface area contributed by atoms with Crippen molar-refractivity contribution in [2.75, 3.05) is 0 Å². The third kappa shape index (κ3) is 1.75.